The lowest BCUT2D eigenvalue weighted by atomic mass is 9.82. The Morgan fingerprint density at radius 3 is 3.16 bits per heavy atom. The first kappa shape index (κ1) is 14.9. The third-order valence-electron chi connectivity index (χ3n) is 3.88. The fourth-order valence-corrected chi connectivity index (χ4v) is 3.77. The summed E-state index contributed by atoms with van der Waals surface area (Å²) in [6.45, 7) is 5.60. The minimum atomic E-state index is 0.582. The van der Waals surface area contributed by atoms with Crippen LogP contribution in [0.15, 0.2) is 18.3 Å². The van der Waals surface area contributed by atoms with Crippen LogP contribution in [0, 0.1) is 0 Å². The first-order valence-electron chi connectivity index (χ1n) is 7.61. The molecule has 0 aliphatic heterocycles. The molecule has 1 heterocycles. The fourth-order valence-electron chi connectivity index (χ4n) is 2.93. The van der Waals surface area contributed by atoms with E-state index in [0.29, 0.717) is 12.0 Å². The molecule has 2 unspecified atom stereocenters. The molecule has 0 radical (unpaired) electrons. The molecule has 2 nitrogen and oxygen atoms in total. The molecule has 0 amide bonds. The van der Waals surface area contributed by atoms with Crippen molar-refractivity contribution in [2.75, 3.05) is 18.1 Å². The van der Waals surface area contributed by atoms with Crippen molar-refractivity contribution >= 4 is 11.8 Å². The number of hydrogen-bond acceptors (Lipinski definition) is 3. The number of pyridine rings is 1. The molecule has 0 saturated carbocycles. The van der Waals surface area contributed by atoms with Gasteiger partial charge in [-0.2, -0.15) is 11.8 Å². The molecule has 3 heteroatoms. The molecule has 2 atom stereocenters. The van der Waals surface area contributed by atoms with Gasteiger partial charge in [-0.25, -0.2) is 0 Å². The maximum absolute atomic E-state index is 4.69. The highest BCUT2D eigenvalue weighted by molar-refractivity contribution is 7.99. The van der Waals surface area contributed by atoms with Crippen LogP contribution < -0.4 is 5.32 Å². The molecule has 2 rings (SSSR count). The van der Waals surface area contributed by atoms with Crippen molar-refractivity contribution in [3.8, 4) is 0 Å². The maximum atomic E-state index is 4.69. The van der Waals surface area contributed by atoms with Crippen molar-refractivity contribution in [3.63, 3.8) is 0 Å². The summed E-state index contributed by atoms with van der Waals surface area (Å²) in [6.07, 6.45) is 6.97. The molecular weight excluding hydrogens is 252 g/mol. The molecule has 0 saturated heterocycles. The van der Waals surface area contributed by atoms with Gasteiger partial charge in [-0.05, 0) is 49.6 Å². The van der Waals surface area contributed by atoms with Crippen LogP contribution in [0.4, 0.5) is 0 Å². The average molecular weight is 278 g/mol. The first-order chi connectivity index (χ1) is 9.36. The van der Waals surface area contributed by atoms with E-state index in [-0.39, 0.29) is 0 Å². The predicted octanol–water partition coefficient (Wildman–Crippen LogP) is 3.62. The summed E-state index contributed by atoms with van der Waals surface area (Å²) in [5.41, 5.74) is 2.84. The van der Waals surface area contributed by atoms with Crippen molar-refractivity contribution in [1.82, 2.24) is 10.3 Å². The van der Waals surface area contributed by atoms with Crippen LogP contribution in [0.1, 0.15) is 50.3 Å². The summed E-state index contributed by atoms with van der Waals surface area (Å²) < 4.78 is 0. The molecule has 106 valence electrons. The standard InChI is InChI=1S/C16H26N2S/c1-3-10-17-15(12-19-4-2)14-9-5-7-13-8-6-11-18-16(13)14/h6,8,11,14-15,17H,3-5,7,9-10,12H2,1-2H3. The van der Waals surface area contributed by atoms with Crippen molar-refractivity contribution in [2.45, 2.75) is 51.5 Å². The van der Waals surface area contributed by atoms with E-state index < -0.39 is 0 Å². The second-order valence-electron chi connectivity index (χ2n) is 5.27. The van der Waals surface area contributed by atoms with Gasteiger partial charge in [0.2, 0.25) is 0 Å². The SMILES string of the molecule is CCCNC(CSCC)C1CCCc2cccnc21. The molecule has 1 aliphatic carbocycles. The third-order valence-corrected chi connectivity index (χ3v) is 4.89. The Kier molecular flexibility index (Phi) is 6.18. The summed E-state index contributed by atoms with van der Waals surface area (Å²) in [4.78, 5) is 4.69. The highest BCUT2D eigenvalue weighted by Crippen LogP contribution is 2.33. The number of aromatic nitrogens is 1. The number of fused-ring (bicyclic) bond motifs is 1. The highest BCUT2D eigenvalue weighted by Gasteiger charge is 2.28. The Morgan fingerprint density at radius 2 is 2.37 bits per heavy atom. The number of nitrogens with one attached hydrogen (secondary N) is 1. The molecule has 0 spiro atoms. The Balaban J connectivity index is 2.12. The number of hydrogen-bond donors (Lipinski definition) is 1. The molecule has 0 fully saturated rings. The Morgan fingerprint density at radius 1 is 1.47 bits per heavy atom. The molecular formula is C16H26N2S. The van der Waals surface area contributed by atoms with E-state index >= 15 is 0 Å². The van der Waals surface area contributed by atoms with Crippen molar-refractivity contribution in [3.05, 3.63) is 29.6 Å². The summed E-state index contributed by atoms with van der Waals surface area (Å²) in [5.74, 6) is 3.01. The van der Waals surface area contributed by atoms with E-state index in [1.54, 1.807) is 0 Å². The Labute approximate surface area is 121 Å². The minimum Gasteiger partial charge on any atom is -0.312 e. The van der Waals surface area contributed by atoms with Gasteiger partial charge in [-0.15, -0.1) is 0 Å². The largest absolute Gasteiger partial charge is 0.312 e. The van der Waals surface area contributed by atoms with E-state index in [2.05, 4.69) is 36.3 Å². The quantitative estimate of drug-likeness (QED) is 0.824. The monoisotopic (exact) mass is 278 g/mol. The normalized spacial score (nSPS) is 20.0. The molecule has 19 heavy (non-hydrogen) atoms. The predicted molar refractivity (Wildman–Crippen MR) is 85.0 cm³/mol. The molecule has 1 N–H and O–H groups in total. The van der Waals surface area contributed by atoms with Gasteiger partial charge in [0.25, 0.3) is 0 Å². The first-order valence-corrected chi connectivity index (χ1v) is 8.77. The molecule has 1 aromatic heterocycles. The van der Waals surface area contributed by atoms with Crippen molar-refractivity contribution in [2.24, 2.45) is 0 Å². The van der Waals surface area contributed by atoms with Crippen LogP contribution in [0.3, 0.4) is 0 Å². The summed E-state index contributed by atoms with van der Waals surface area (Å²) >= 11 is 2.04. The van der Waals surface area contributed by atoms with Crippen LogP contribution in [-0.4, -0.2) is 29.1 Å². The van der Waals surface area contributed by atoms with Crippen molar-refractivity contribution in [1.29, 1.82) is 0 Å². The van der Waals surface area contributed by atoms with Gasteiger partial charge < -0.3 is 5.32 Å². The van der Waals surface area contributed by atoms with Gasteiger partial charge in [0, 0.05) is 29.6 Å². The smallest absolute Gasteiger partial charge is 0.0482 e. The van der Waals surface area contributed by atoms with Gasteiger partial charge in [0.1, 0.15) is 0 Å². The summed E-state index contributed by atoms with van der Waals surface area (Å²) in [5, 5.41) is 3.75. The van der Waals surface area contributed by atoms with Crippen LogP contribution >= 0.6 is 11.8 Å². The van der Waals surface area contributed by atoms with Crippen molar-refractivity contribution < 1.29 is 0 Å². The maximum Gasteiger partial charge on any atom is 0.0482 e. The average Bonchev–Trinajstić information content (AvgIpc) is 2.47. The van der Waals surface area contributed by atoms with Gasteiger partial charge in [0.05, 0.1) is 0 Å². The lowest BCUT2D eigenvalue weighted by molar-refractivity contribution is 0.411. The fraction of sp³-hybridized carbons (Fsp3) is 0.688. The number of rotatable bonds is 7. The van der Waals surface area contributed by atoms with E-state index in [1.165, 1.54) is 48.4 Å². The van der Waals surface area contributed by atoms with E-state index in [1.807, 2.05) is 18.0 Å². The number of nitrogens with zero attached hydrogens (tertiary/aromatic N) is 1. The zero-order valence-corrected chi connectivity index (χ0v) is 13.0. The second-order valence-corrected chi connectivity index (χ2v) is 6.59. The van der Waals surface area contributed by atoms with Crippen LogP contribution in [0.5, 0.6) is 0 Å². The van der Waals surface area contributed by atoms with Crippen LogP contribution in [-0.2, 0) is 6.42 Å². The number of thioether (sulfide) groups is 1. The Bertz CT molecular complexity index is 373. The zero-order valence-electron chi connectivity index (χ0n) is 12.2. The lowest BCUT2D eigenvalue weighted by Gasteiger charge is -2.32. The minimum absolute atomic E-state index is 0.582. The Hall–Kier alpha value is -0.540. The lowest BCUT2D eigenvalue weighted by Crippen LogP contribution is -2.39. The summed E-state index contributed by atoms with van der Waals surface area (Å²) in [7, 11) is 0. The van der Waals surface area contributed by atoms with E-state index in [9.17, 15) is 0 Å². The highest BCUT2D eigenvalue weighted by atomic mass is 32.2. The zero-order chi connectivity index (χ0) is 13.5. The molecule has 0 aromatic carbocycles. The molecule has 0 bridgehead atoms. The topological polar surface area (TPSA) is 24.9 Å². The van der Waals surface area contributed by atoms with Gasteiger partial charge in [-0.3, -0.25) is 4.98 Å². The van der Waals surface area contributed by atoms with Crippen LogP contribution in [0.25, 0.3) is 0 Å². The second kappa shape index (κ2) is 7.91. The van der Waals surface area contributed by atoms with Gasteiger partial charge in [0.15, 0.2) is 0 Å². The van der Waals surface area contributed by atoms with Crippen LogP contribution in [0.2, 0.25) is 0 Å². The number of aryl methyl sites for hydroxylation is 1. The van der Waals surface area contributed by atoms with E-state index in [0.717, 1.165) is 6.54 Å². The molecule has 1 aromatic rings. The molecule has 1 aliphatic rings. The van der Waals surface area contributed by atoms with Gasteiger partial charge >= 0.3 is 0 Å². The third kappa shape index (κ3) is 3.96. The summed E-state index contributed by atoms with van der Waals surface area (Å²) in [6, 6.07) is 4.92. The van der Waals surface area contributed by atoms with Gasteiger partial charge in [-0.1, -0.05) is 19.9 Å². The van der Waals surface area contributed by atoms with E-state index in [4.69, 9.17) is 0 Å².